The van der Waals surface area contributed by atoms with Crippen LogP contribution in [0, 0.1) is 6.92 Å². The van der Waals surface area contributed by atoms with Crippen molar-refractivity contribution in [1.82, 2.24) is 24.9 Å². The lowest BCUT2D eigenvalue weighted by Crippen LogP contribution is -1.99. The number of hydrogen-bond acceptors (Lipinski definition) is 5. The van der Waals surface area contributed by atoms with Gasteiger partial charge in [0, 0.05) is 10.9 Å². The Morgan fingerprint density at radius 1 is 1.00 bits per heavy atom. The lowest BCUT2D eigenvalue weighted by Gasteiger charge is -2.08. The van der Waals surface area contributed by atoms with E-state index in [4.69, 9.17) is 23.2 Å². The van der Waals surface area contributed by atoms with E-state index in [1.54, 1.807) is 0 Å². The van der Waals surface area contributed by atoms with Gasteiger partial charge in [0.25, 0.3) is 0 Å². The Hall–Kier alpha value is -2.44. The fourth-order valence-electron chi connectivity index (χ4n) is 2.47. The quantitative estimate of drug-likeness (QED) is 0.531. The predicted octanol–water partition coefficient (Wildman–Crippen LogP) is 4.26. The van der Waals surface area contributed by atoms with E-state index in [-0.39, 0.29) is 10.3 Å². The van der Waals surface area contributed by atoms with Crippen molar-refractivity contribution in [3.63, 3.8) is 0 Å². The maximum atomic E-state index is 6.08. The monoisotopic (exact) mass is 344 g/mol. The Morgan fingerprint density at radius 2 is 1.74 bits per heavy atom. The van der Waals surface area contributed by atoms with E-state index >= 15 is 0 Å². The molecule has 0 unspecified atom stereocenters. The largest absolute Gasteiger partial charge is 0.350 e. The predicted molar refractivity (Wildman–Crippen MR) is 91.5 cm³/mol. The van der Waals surface area contributed by atoms with Crippen LogP contribution in [0.25, 0.3) is 21.9 Å². The van der Waals surface area contributed by atoms with Gasteiger partial charge in [0.15, 0.2) is 16.1 Å². The van der Waals surface area contributed by atoms with Crippen LogP contribution in [-0.2, 0) is 0 Å². The lowest BCUT2D eigenvalue weighted by atomic mass is 10.1. The molecule has 3 heterocycles. The van der Waals surface area contributed by atoms with Crippen molar-refractivity contribution >= 4 is 56.6 Å². The molecule has 4 rings (SSSR count). The highest BCUT2D eigenvalue weighted by molar-refractivity contribution is 6.37. The van der Waals surface area contributed by atoms with Crippen LogP contribution in [0.5, 0.6) is 0 Å². The van der Waals surface area contributed by atoms with Gasteiger partial charge in [-0.1, -0.05) is 34.8 Å². The molecule has 4 aromatic rings. The molecule has 3 aromatic heterocycles. The first-order valence-corrected chi connectivity index (χ1v) is 7.55. The molecule has 0 aliphatic heterocycles. The van der Waals surface area contributed by atoms with E-state index < -0.39 is 0 Å². The summed E-state index contributed by atoms with van der Waals surface area (Å²) in [6.45, 7) is 2.04. The fraction of sp³-hybridized carbons (Fsp3) is 0.0667. The first-order valence-electron chi connectivity index (χ1n) is 6.79. The Bertz CT molecular complexity index is 1020. The van der Waals surface area contributed by atoms with E-state index in [1.165, 1.54) is 12.7 Å². The molecule has 1 aromatic carbocycles. The van der Waals surface area contributed by atoms with E-state index in [2.05, 4.69) is 36.3 Å². The summed E-state index contributed by atoms with van der Waals surface area (Å²) in [6.07, 6.45) is 2.79. The van der Waals surface area contributed by atoms with Crippen molar-refractivity contribution < 1.29 is 0 Å². The smallest absolute Gasteiger partial charge is 0.158 e. The van der Waals surface area contributed by atoms with Gasteiger partial charge in [-0.3, -0.25) is 0 Å². The summed E-state index contributed by atoms with van der Waals surface area (Å²) in [7, 11) is 0. The summed E-state index contributed by atoms with van der Waals surface area (Å²) >= 11 is 12.2. The molecular weight excluding hydrogens is 335 g/mol. The van der Waals surface area contributed by atoms with Crippen LogP contribution in [0.4, 0.5) is 11.5 Å². The van der Waals surface area contributed by atoms with Crippen LogP contribution in [0.3, 0.4) is 0 Å². The van der Waals surface area contributed by atoms with Crippen LogP contribution in [-0.4, -0.2) is 24.9 Å². The van der Waals surface area contributed by atoms with Crippen molar-refractivity contribution in [3.05, 3.63) is 46.7 Å². The fourth-order valence-corrected chi connectivity index (χ4v) is 2.88. The molecule has 114 valence electrons. The maximum absolute atomic E-state index is 6.08. The number of nitrogens with zero attached hydrogens (tertiary/aromatic N) is 4. The number of aromatic nitrogens is 5. The van der Waals surface area contributed by atoms with Gasteiger partial charge in [-0.25, -0.2) is 19.9 Å². The van der Waals surface area contributed by atoms with Crippen LogP contribution < -0.4 is 5.32 Å². The number of aromatic amines is 1. The standard InChI is InChI=1S/C15H10Cl2N6/c1-7-2-3-9-8(4-7)10-11(22-9)15(21-5-18-10)23-12-13(16)19-6-20-14(12)17/h2-6,22H,1H3,(H,18,21,23). The Labute approximate surface area is 140 Å². The summed E-state index contributed by atoms with van der Waals surface area (Å²) in [6, 6.07) is 6.13. The molecule has 0 aliphatic carbocycles. The zero-order chi connectivity index (χ0) is 16.0. The number of aryl methyl sites for hydroxylation is 1. The minimum Gasteiger partial charge on any atom is -0.350 e. The number of hydrogen-bond donors (Lipinski definition) is 2. The third-order valence-corrected chi connectivity index (χ3v) is 4.11. The number of H-pyrrole nitrogens is 1. The third-order valence-electron chi connectivity index (χ3n) is 3.54. The van der Waals surface area contributed by atoms with Gasteiger partial charge in [-0.15, -0.1) is 0 Å². The molecule has 0 amide bonds. The van der Waals surface area contributed by atoms with E-state index in [0.29, 0.717) is 11.5 Å². The molecule has 8 heteroatoms. The molecule has 0 radical (unpaired) electrons. The summed E-state index contributed by atoms with van der Waals surface area (Å²) in [5, 5.41) is 4.57. The van der Waals surface area contributed by atoms with Gasteiger partial charge >= 0.3 is 0 Å². The van der Waals surface area contributed by atoms with E-state index in [0.717, 1.165) is 27.5 Å². The summed E-state index contributed by atoms with van der Waals surface area (Å²) < 4.78 is 0. The molecule has 0 spiro atoms. The van der Waals surface area contributed by atoms with Gasteiger partial charge < -0.3 is 10.3 Å². The van der Waals surface area contributed by atoms with Gasteiger partial charge in [-0.05, 0) is 19.1 Å². The average molecular weight is 345 g/mol. The summed E-state index contributed by atoms with van der Waals surface area (Å²) in [4.78, 5) is 19.8. The molecule has 23 heavy (non-hydrogen) atoms. The highest BCUT2D eigenvalue weighted by Gasteiger charge is 2.14. The maximum Gasteiger partial charge on any atom is 0.158 e. The van der Waals surface area contributed by atoms with Crippen LogP contribution in [0.15, 0.2) is 30.9 Å². The van der Waals surface area contributed by atoms with E-state index in [9.17, 15) is 0 Å². The second kappa shape index (κ2) is 5.33. The van der Waals surface area contributed by atoms with Crippen molar-refractivity contribution in [2.24, 2.45) is 0 Å². The Balaban J connectivity index is 1.92. The SMILES string of the molecule is Cc1ccc2[nH]c3c(Nc4c(Cl)ncnc4Cl)ncnc3c2c1. The average Bonchev–Trinajstić information content (AvgIpc) is 2.90. The van der Waals surface area contributed by atoms with Gasteiger partial charge in [-0.2, -0.15) is 0 Å². The van der Waals surface area contributed by atoms with Gasteiger partial charge in [0.05, 0.1) is 0 Å². The first kappa shape index (κ1) is 14.2. The van der Waals surface area contributed by atoms with Crippen molar-refractivity contribution in [2.45, 2.75) is 6.92 Å². The Morgan fingerprint density at radius 3 is 2.52 bits per heavy atom. The molecule has 0 bridgehead atoms. The number of rotatable bonds is 2. The van der Waals surface area contributed by atoms with Crippen LogP contribution >= 0.6 is 23.2 Å². The van der Waals surface area contributed by atoms with E-state index in [1.807, 2.05) is 19.1 Å². The zero-order valence-electron chi connectivity index (χ0n) is 11.9. The second-order valence-electron chi connectivity index (χ2n) is 5.08. The number of anilines is 2. The minimum atomic E-state index is 0.226. The number of nitrogens with one attached hydrogen (secondary N) is 2. The molecule has 0 saturated heterocycles. The summed E-state index contributed by atoms with van der Waals surface area (Å²) in [5.74, 6) is 0.558. The third kappa shape index (κ3) is 2.36. The van der Waals surface area contributed by atoms with Crippen molar-refractivity contribution in [1.29, 1.82) is 0 Å². The topological polar surface area (TPSA) is 79.4 Å². The molecule has 0 saturated carbocycles. The lowest BCUT2D eigenvalue weighted by molar-refractivity contribution is 1.16. The molecule has 2 N–H and O–H groups in total. The number of fused-ring (bicyclic) bond motifs is 3. The first-order chi connectivity index (χ1) is 11.1. The molecule has 6 nitrogen and oxygen atoms in total. The highest BCUT2D eigenvalue weighted by Crippen LogP contribution is 2.33. The zero-order valence-corrected chi connectivity index (χ0v) is 13.4. The van der Waals surface area contributed by atoms with Crippen molar-refractivity contribution in [2.75, 3.05) is 5.32 Å². The number of halogens is 2. The number of benzene rings is 1. The molecule has 0 aliphatic rings. The molecule has 0 atom stereocenters. The van der Waals surface area contributed by atoms with Crippen LogP contribution in [0.1, 0.15) is 5.56 Å². The summed E-state index contributed by atoms with van der Waals surface area (Å²) in [5.41, 5.74) is 4.14. The van der Waals surface area contributed by atoms with Gasteiger partial charge in [0.1, 0.15) is 29.4 Å². The van der Waals surface area contributed by atoms with Crippen LogP contribution in [0.2, 0.25) is 10.3 Å². The Kier molecular flexibility index (Phi) is 3.28. The minimum absolute atomic E-state index is 0.226. The van der Waals surface area contributed by atoms with Gasteiger partial charge in [0.2, 0.25) is 0 Å². The second-order valence-corrected chi connectivity index (χ2v) is 5.79. The molecule has 0 fully saturated rings. The normalized spacial score (nSPS) is 11.3. The molecular formula is C15H10Cl2N6. The van der Waals surface area contributed by atoms with Crippen molar-refractivity contribution in [3.8, 4) is 0 Å². The highest BCUT2D eigenvalue weighted by atomic mass is 35.5.